The first-order chi connectivity index (χ1) is 10.3. The van der Waals surface area contributed by atoms with E-state index in [-0.39, 0.29) is 0 Å². The maximum absolute atomic E-state index is 2.39. The normalized spacial score (nSPS) is 34.0. The Morgan fingerprint density at radius 2 is 1.43 bits per heavy atom. The minimum absolute atomic E-state index is 1.07. The molecule has 0 amide bonds. The van der Waals surface area contributed by atoms with E-state index in [4.69, 9.17) is 0 Å². The van der Waals surface area contributed by atoms with Crippen molar-refractivity contribution in [3.63, 3.8) is 0 Å². The van der Waals surface area contributed by atoms with Crippen LogP contribution < -0.4 is 0 Å². The molecule has 2 rings (SSSR count). The summed E-state index contributed by atoms with van der Waals surface area (Å²) in [5, 5.41) is 0. The van der Waals surface area contributed by atoms with E-state index in [2.05, 4.69) is 13.8 Å². The molecule has 2 saturated carbocycles. The second kappa shape index (κ2) is 9.90. The molecule has 124 valence electrons. The van der Waals surface area contributed by atoms with Crippen LogP contribution in [0.2, 0.25) is 0 Å². The van der Waals surface area contributed by atoms with Crippen LogP contribution in [0.1, 0.15) is 110 Å². The van der Waals surface area contributed by atoms with Gasteiger partial charge < -0.3 is 0 Å². The summed E-state index contributed by atoms with van der Waals surface area (Å²) in [7, 11) is 0. The average molecular weight is 293 g/mol. The fourth-order valence-corrected chi connectivity index (χ4v) is 5.13. The van der Waals surface area contributed by atoms with Crippen LogP contribution in [0.5, 0.6) is 0 Å². The molecule has 0 N–H and O–H groups in total. The predicted molar refractivity (Wildman–Crippen MR) is 94.6 cm³/mol. The molecule has 0 spiro atoms. The van der Waals surface area contributed by atoms with Gasteiger partial charge in [-0.3, -0.25) is 0 Å². The van der Waals surface area contributed by atoms with E-state index in [0.29, 0.717) is 0 Å². The highest BCUT2D eigenvalue weighted by molar-refractivity contribution is 4.82. The van der Waals surface area contributed by atoms with E-state index >= 15 is 0 Å². The molecule has 0 heterocycles. The van der Waals surface area contributed by atoms with Crippen molar-refractivity contribution in [3.8, 4) is 0 Å². The summed E-state index contributed by atoms with van der Waals surface area (Å²) < 4.78 is 0. The highest BCUT2D eigenvalue weighted by Crippen LogP contribution is 2.43. The number of hydrogen-bond donors (Lipinski definition) is 0. The second-order valence-electron chi connectivity index (χ2n) is 8.18. The fraction of sp³-hybridized carbons (Fsp3) is 1.00. The van der Waals surface area contributed by atoms with E-state index < -0.39 is 0 Å². The molecule has 2 aliphatic rings. The van der Waals surface area contributed by atoms with Gasteiger partial charge in [0.25, 0.3) is 0 Å². The quantitative estimate of drug-likeness (QED) is 0.410. The Morgan fingerprint density at radius 3 is 2.14 bits per heavy atom. The lowest BCUT2D eigenvalue weighted by Gasteiger charge is -2.38. The monoisotopic (exact) mass is 292 g/mol. The van der Waals surface area contributed by atoms with E-state index in [9.17, 15) is 0 Å². The molecular weight excluding hydrogens is 252 g/mol. The van der Waals surface area contributed by atoms with Crippen molar-refractivity contribution in [2.24, 2.45) is 23.7 Å². The Balaban J connectivity index is 1.64. The Morgan fingerprint density at radius 1 is 0.667 bits per heavy atom. The van der Waals surface area contributed by atoms with Gasteiger partial charge in [-0.1, -0.05) is 90.9 Å². The third-order valence-corrected chi connectivity index (χ3v) is 6.67. The van der Waals surface area contributed by atoms with Gasteiger partial charge in [0.1, 0.15) is 0 Å². The van der Waals surface area contributed by atoms with Crippen molar-refractivity contribution < 1.29 is 0 Å². The van der Waals surface area contributed by atoms with Gasteiger partial charge >= 0.3 is 0 Å². The Hall–Kier alpha value is 0. The van der Waals surface area contributed by atoms with E-state index in [1.165, 1.54) is 44.9 Å². The van der Waals surface area contributed by atoms with Gasteiger partial charge in [0.05, 0.1) is 0 Å². The zero-order chi connectivity index (χ0) is 14.9. The molecule has 0 heteroatoms. The topological polar surface area (TPSA) is 0 Å². The van der Waals surface area contributed by atoms with E-state index in [0.717, 1.165) is 23.7 Å². The third kappa shape index (κ3) is 5.95. The van der Waals surface area contributed by atoms with Crippen LogP contribution in [0.4, 0.5) is 0 Å². The van der Waals surface area contributed by atoms with Crippen LogP contribution in [0.15, 0.2) is 0 Å². The van der Waals surface area contributed by atoms with Crippen LogP contribution in [0.3, 0.4) is 0 Å². The molecule has 0 aromatic heterocycles. The summed E-state index contributed by atoms with van der Waals surface area (Å²) in [5.41, 5.74) is 0. The Labute approximate surface area is 134 Å². The maximum atomic E-state index is 2.39. The molecule has 2 unspecified atom stereocenters. The van der Waals surface area contributed by atoms with Crippen molar-refractivity contribution in [1.82, 2.24) is 0 Å². The highest BCUT2D eigenvalue weighted by atomic mass is 14.4. The first kappa shape index (κ1) is 17.4. The first-order valence-electron chi connectivity index (χ1n) is 10.3. The molecule has 21 heavy (non-hydrogen) atoms. The summed E-state index contributed by atoms with van der Waals surface area (Å²) in [6.45, 7) is 4.71. The summed E-state index contributed by atoms with van der Waals surface area (Å²) in [5.74, 6) is 4.38. The minimum Gasteiger partial charge on any atom is -0.0654 e. The largest absolute Gasteiger partial charge is 0.0654 e. The minimum atomic E-state index is 1.07. The standard InChI is InChI=1S/C21H40/c1-3-5-6-7-8-10-19-11-9-12-21(17-19)20-15-13-18(4-2)14-16-20/h18-21H,3-17H2,1-2H3. The van der Waals surface area contributed by atoms with Gasteiger partial charge in [0, 0.05) is 0 Å². The van der Waals surface area contributed by atoms with Crippen molar-refractivity contribution in [2.75, 3.05) is 0 Å². The SMILES string of the molecule is CCCCCCCC1CCCC(C2CCC(CC)CC2)C1. The zero-order valence-electron chi connectivity index (χ0n) is 14.9. The smallest absolute Gasteiger partial charge is 0.0383 e. The van der Waals surface area contributed by atoms with Gasteiger partial charge in [0.15, 0.2) is 0 Å². The summed E-state index contributed by atoms with van der Waals surface area (Å²) in [6, 6.07) is 0. The number of unbranched alkanes of at least 4 members (excludes halogenated alkanes) is 4. The molecule has 0 aliphatic heterocycles. The fourth-order valence-electron chi connectivity index (χ4n) is 5.13. The number of rotatable bonds is 8. The molecule has 0 aromatic carbocycles. The van der Waals surface area contributed by atoms with Gasteiger partial charge in [0.2, 0.25) is 0 Å². The average Bonchev–Trinajstić information content (AvgIpc) is 2.55. The maximum Gasteiger partial charge on any atom is -0.0383 e. The Kier molecular flexibility index (Phi) is 8.19. The van der Waals surface area contributed by atoms with Gasteiger partial charge in [-0.2, -0.15) is 0 Å². The van der Waals surface area contributed by atoms with Crippen LogP contribution in [0.25, 0.3) is 0 Å². The molecule has 0 radical (unpaired) electrons. The lowest BCUT2D eigenvalue weighted by Crippen LogP contribution is -2.26. The molecule has 0 nitrogen and oxygen atoms in total. The van der Waals surface area contributed by atoms with Gasteiger partial charge in [-0.15, -0.1) is 0 Å². The summed E-state index contributed by atoms with van der Waals surface area (Å²) >= 11 is 0. The predicted octanol–water partition coefficient (Wildman–Crippen LogP) is 7.37. The molecule has 2 atom stereocenters. The van der Waals surface area contributed by atoms with Gasteiger partial charge in [-0.25, -0.2) is 0 Å². The molecule has 2 fully saturated rings. The molecule has 0 bridgehead atoms. The Bertz CT molecular complexity index is 249. The van der Waals surface area contributed by atoms with Crippen molar-refractivity contribution in [1.29, 1.82) is 0 Å². The lowest BCUT2D eigenvalue weighted by atomic mass is 9.68. The zero-order valence-corrected chi connectivity index (χ0v) is 14.9. The van der Waals surface area contributed by atoms with Crippen molar-refractivity contribution >= 4 is 0 Å². The second-order valence-corrected chi connectivity index (χ2v) is 8.18. The molecular formula is C21H40. The van der Waals surface area contributed by atoms with Gasteiger partial charge in [-0.05, 0) is 42.9 Å². The van der Waals surface area contributed by atoms with E-state index in [1.807, 2.05) is 0 Å². The summed E-state index contributed by atoms with van der Waals surface area (Å²) in [6.07, 6.45) is 22.7. The van der Waals surface area contributed by atoms with Crippen LogP contribution in [0, 0.1) is 23.7 Å². The highest BCUT2D eigenvalue weighted by Gasteiger charge is 2.30. The summed E-state index contributed by atoms with van der Waals surface area (Å²) in [4.78, 5) is 0. The molecule has 0 saturated heterocycles. The molecule has 0 aromatic rings. The third-order valence-electron chi connectivity index (χ3n) is 6.67. The van der Waals surface area contributed by atoms with Crippen LogP contribution >= 0.6 is 0 Å². The molecule has 2 aliphatic carbocycles. The van der Waals surface area contributed by atoms with Crippen LogP contribution in [-0.2, 0) is 0 Å². The number of hydrogen-bond acceptors (Lipinski definition) is 0. The van der Waals surface area contributed by atoms with Crippen LogP contribution in [-0.4, -0.2) is 0 Å². The first-order valence-corrected chi connectivity index (χ1v) is 10.3. The van der Waals surface area contributed by atoms with Crippen molar-refractivity contribution in [3.05, 3.63) is 0 Å². The van der Waals surface area contributed by atoms with Crippen molar-refractivity contribution in [2.45, 2.75) is 110 Å². The van der Waals surface area contributed by atoms with E-state index in [1.54, 1.807) is 51.4 Å². The lowest BCUT2D eigenvalue weighted by molar-refractivity contribution is 0.134.